The van der Waals surface area contributed by atoms with E-state index in [0.717, 1.165) is 18.8 Å². The van der Waals surface area contributed by atoms with Gasteiger partial charge in [-0.15, -0.1) is 0 Å². The Morgan fingerprint density at radius 2 is 2.17 bits per heavy atom. The Morgan fingerprint density at radius 3 is 2.83 bits per heavy atom. The summed E-state index contributed by atoms with van der Waals surface area (Å²) in [5, 5.41) is 11.4. The smallest absolute Gasteiger partial charge is 0.234 e. The summed E-state index contributed by atoms with van der Waals surface area (Å²) in [7, 11) is 0. The Hall–Kier alpha value is -2.06. The Kier molecular flexibility index (Phi) is 4.15. The van der Waals surface area contributed by atoms with Gasteiger partial charge in [0.25, 0.3) is 0 Å². The fraction of sp³-hybridized carbons (Fsp3) is 0.385. The highest BCUT2D eigenvalue weighted by molar-refractivity contribution is 5.78. The second-order valence-corrected chi connectivity index (χ2v) is 4.11. The first-order chi connectivity index (χ1) is 8.78. The van der Waals surface area contributed by atoms with E-state index in [0.29, 0.717) is 25.3 Å². The number of ether oxygens (including phenoxy) is 1. The summed E-state index contributed by atoms with van der Waals surface area (Å²) in [6.45, 7) is 3.28. The maximum atomic E-state index is 11.2. The molecule has 1 aliphatic rings. The quantitative estimate of drug-likeness (QED) is 0.832. The third kappa shape index (κ3) is 3.47. The average molecular weight is 245 g/mol. The molecule has 1 aromatic carbocycles. The predicted molar refractivity (Wildman–Crippen MR) is 66.1 cm³/mol. The van der Waals surface area contributed by atoms with Crippen molar-refractivity contribution in [1.29, 1.82) is 5.26 Å². The number of nitrogens with zero attached hydrogens (tertiary/aromatic N) is 2. The van der Waals surface area contributed by atoms with Crippen LogP contribution in [0.15, 0.2) is 24.3 Å². The fourth-order valence-corrected chi connectivity index (χ4v) is 1.80. The molecule has 0 saturated carbocycles. The molecule has 1 N–H and O–H groups in total. The fourth-order valence-electron chi connectivity index (χ4n) is 1.80. The molecule has 1 saturated heterocycles. The zero-order valence-electron chi connectivity index (χ0n) is 10.1. The van der Waals surface area contributed by atoms with Crippen LogP contribution in [0.1, 0.15) is 5.56 Å². The summed E-state index contributed by atoms with van der Waals surface area (Å²) in [5.74, 6) is 0.815. The highest BCUT2D eigenvalue weighted by Crippen LogP contribution is 2.11. The molecule has 0 aliphatic carbocycles. The lowest BCUT2D eigenvalue weighted by Gasteiger charge is -2.26. The van der Waals surface area contributed by atoms with Gasteiger partial charge in [0.05, 0.1) is 18.2 Å². The minimum Gasteiger partial charge on any atom is -0.492 e. The Morgan fingerprint density at radius 1 is 1.39 bits per heavy atom. The topological polar surface area (TPSA) is 65.4 Å². The number of nitrogens with one attached hydrogen (secondary N) is 1. The first-order valence-electron chi connectivity index (χ1n) is 5.90. The lowest BCUT2D eigenvalue weighted by Crippen LogP contribution is -2.48. The summed E-state index contributed by atoms with van der Waals surface area (Å²) in [5.41, 5.74) is 0.620. The summed E-state index contributed by atoms with van der Waals surface area (Å²) in [6, 6.07) is 9.07. The molecule has 1 aliphatic heterocycles. The Balaban J connectivity index is 1.74. The van der Waals surface area contributed by atoms with Crippen molar-refractivity contribution >= 4 is 5.91 Å². The number of amides is 1. The number of benzene rings is 1. The van der Waals surface area contributed by atoms with E-state index in [1.54, 1.807) is 24.3 Å². The number of nitriles is 1. The predicted octanol–water partition coefficient (Wildman–Crippen LogP) is 0.369. The van der Waals surface area contributed by atoms with E-state index in [9.17, 15) is 4.79 Å². The van der Waals surface area contributed by atoms with Crippen molar-refractivity contribution in [3.8, 4) is 11.8 Å². The van der Waals surface area contributed by atoms with Crippen LogP contribution in [-0.4, -0.2) is 43.6 Å². The zero-order chi connectivity index (χ0) is 12.8. The minimum atomic E-state index is 0.0691. The van der Waals surface area contributed by atoms with E-state index in [1.807, 2.05) is 0 Å². The van der Waals surface area contributed by atoms with Crippen molar-refractivity contribution in [2.45, 2.75) is 0 Å². The first kappa shape index (κ1) is 12.4. The van der Waals surface area contributed by atoms with Gasteiger partial charge in [-0.25, -0.2) is 0 Å². The van der Waals surface area contributed by atoms with Gasteiger partial charge >= 0.3 is 0 Å². The molecule has 1 aromatic rings. The lowest BCUT2D eigenvalue weighted by molar-refractivity contribution is -0.124. The SMILES string of the molecule is N#Cc1ccc(OCCN2CCNC(=O)C2)cc1. The Bertz CT molecular complexity index is 450. The van der Waals surface area contributed by atoms with Crippen molar-refractivity contribution in [3.63, 3.8) is 0 Å². The molecule has 1 fully saturated rings. The number of rotatable bonds is 4. The third-order valence-corrected chi connectivity index (χ3v) is 2.78. The number of carbonyl (C=O) groups is 1. The largest absolute Gasteiger partial charge is 0.492 e. The van der Waals surface area contributed by atoms with E-state index in [1.165, 1.54) is 0 Å². The molecule has 2 rings (SSSR count). The van der Waals surface area contributed by atoms with E-state index in [-0.39, 0.29) is 5.91 Å². The van der Waals surface area contributed by atoms with Gasteiger partial charge < -0.3 is 10.1 Å². The molecule has 0 aromatic heterocycles. The van der Waals surface area contributed by atoms with Crippen LogP contribution in [0.25, 0.3) is 0 Å². The van der Waals surface area contributed by atoms with Crippen LogP contribution in [0.3, 0.4) is 0 Å². The van der Waals surface area contributed by atoms with Crippen molar-refractivity contribution < 1.29 is 9.53 Å². The maximum absolute atomic E-state index is 11.2. The molecular formula is C13H15N3O2. The van der Waals surface area contributed by atoms with Crippen LogP contribution in [0.4, 0.5) is 0 Å². The van der Waals surface area contributed by atoms with Crippen LogP contribution in [0, 0.1) is 11.3 Å². The molecule has 5 nitrogen and oxygen atoms in total. The highest BCUT2D eigenvalue weighted by atomic mass is 16.5. The van der Waals surface area contributed by atoms with Gasteiger partial charge in [-0.05, 0) is 24.3 Å². The minimum absolute atomic E-state index is 0.0691. The number of piperazine rings is 1. The number of carbonyl (C=O) groups excluding carboxylic acids is 1. The standard InChI is InChI=1S/C13H15N3O2/c14-9-11-1-3-12(4-2-11)18-8-7-16-6-5-15-13(17)10-16/h1-4H,5-8,10H2,(H,15,17). The van der Waals surface area contributed by atoms with Crippen LogP contribution >= 0.6 is 0 Å². The van der Waals surface area contributed by atoms with Gasteiger partial charge in [-0.2, -0.15) is 5.26 Å². The van der Waals surface area contributed by atoms with E-state index in [2.05, 4.69) is 16.3 Å². The normalized spacial score (nSPS) is 15.8. The number of hydrogen-bond donors (Lipinski definition) is 1. The van der Waals surface area contributed by atoms with Crippen molar-refractivity contribution in [2.24, 2.45) is 0 Å². The number of hydrogen-bond acceptors (Lipinski definition) is 4. The van der Waals surface area contributed by atoms with Gasteiger partial charge in [0.15, 0.2) is 0 Å². The second kappa shape index (κ2) is 6.03. The van der Waals surface area contributed by atoms with Crippen LogP contribution in [0.2, 0.25) is 0 Å². The highest BCUT2D eigenvalue weighted by Gasteiger charge is 2.15. The third-order valence-electron chi connectivity index (χ3n) is 2.78. The molecule has 1 amide bonds. The average Bonchev–Trinajstić information content (AvgIpc) is 2.40. The van der Waals surface area contributed by atoms with Crippen LogP contribution in [0.5, 0.6) is 5.75 Å². The Labute approximate surface area is 106 Å². The molecule has 1 heterocycles. The maximum Gasteiger partial charge on any atom is 0.234 e. The molecule has 18 heavy (non-hydrogen) atoms. The van der Waals surface area contributed by atoms with Crippen molar-refractivity contribution in [2.75, 3.05) is 32.8 Å². The molecular weight excluding hydrogens is 230 g/mol. The molecule has 0 unspecified atom stereocenters. The monoisotopic (exact) mass is 245 g/mol. The van der Waals surface area contributed by atoms with E-state index >= 15 is 0 Å². The molecule has 0 spiro atoms. The van der Waals surface area contributed by atoms with Gasteiger partial charge in [0.2, 0.25) is 5.91 Å². The summed E-state index contributed by atoms with van der Waals surface area (Å²) >= 11 is 0. The molecule has 5 heteroatoms. The summed E-state index contributed by atoms with van der Waals surface area (Å²) in [6.07, 6.45) is 0. The zero-order valence-corrected chi connectivity index (χ0v) is 10.1. The summed E-state index contributed by atoms with van der Waals surface area (Å²) < 4.78 is 5.56. The van der Waals surface area contributed by atoms with Crippen molar-refractivity contribution in [1.82, 2.24) is 10.2 Å². The van der Waals surface area contributed by atoms with E-state index < -0.39 is 0 Å². The molecule has 94 valence electrons. The van der Waals surface area contributed by atoms with Gasteiger partial charge in [0.1, 0.15) is 12.4 Å². The van der Waals surface area contributed by atoms with Gasteiger partial charge in [-0.3, -0.25) is 9.69 Å². The van der Waals surface area contributed by atoms with Gasteiger partial charge in [-0.1, -0.05) is 0 Å². The molecule has 0 bridgehead atoms. The van der Waals surface area contributed by atoms with Crippen molar-refractivity contribution in [3.05, 3.63) is 29.8 Å². The lowest BCUT2D eigenvalue weighted by atomic mass is 10.2. The van der Waals surface area contributed by atoms with E-state index in [4.69, 9.17) is 10.00 Å². The molecule has 0 radical (unpaired) electrons. The molecule has 0 atom stereocenters. The van der Waals surface area contributed by atoms with Crippen LogP contribution in [-0.2, 0) is 4.79 Å². The van der Waals surface area contributed by atoms with Gasteiger partial charge in [0, 0.05) is 19.6 Å². The second-order valence-electron chi connectivity index (χ2n) is 4.11. The van der Waals surface area contributed by atoms with Crippen LogP contribution < -0.4 is 10.1 Å². The first-order valence-corrected chi connectivity index (χ1v) is 5.90. The summed E-state index contributed by atoms with van der Waals surface area (Å²) in [4.78, 5) is 13.2.